The van der Waals surface area contributed by atoms with Crippen molar-refractivity contribution in [2.45, 2.75) is 12.8 Å². The third-order valence-corrected chi connectivity index (χ3v) is 1.90. The van der Waals surface area contributed by atoms with Crippen molar-refractivity contribution in [2.75, 3.05) is 13.1 Å². The normalized spacial score (nSPS) is 17.3. The molecule has 82 valence electrons. The van der Waals surface area contributed by atoms with Crippen LogP contribution < -0.4 is 5.32 Å². The fraction of sp³-hybridized carbons (Fsp3) is 0.500. The summed E-state index contributed by atoms with van der Waals surface area (Å²) in [4.78, 5) is 44.5. The molecule has 0 aromatic carbocycles. The summed E-state index contributed by atoms with van der Waals surface area (Å²) in [6.45, 7) is -0.452. The molecule has 1 aliphatic rings. The number of carbonyl (C=O) groups is 4. The summed E-state index contributed by atoms with van der Waals surface area (Å²) in [5.74, 6) is -2.85. The van der Waals surface area contributed by atoms with Gasteiger partial charge in [0, 0.05) is 6.54 Å². The smallest absolute Gasteiger partial charge is 0.305 e. The van der Waals surface area contributed by atoms with Crippen molar-refractivity contribution in [1.29, 1.82) is 0 Å². The Hall–Kier alpha value is -1.92. The van der Waals surface area contributed by atoms with Gasteiger partial charge in [-0.05, 0) is 0 Å². The van der Waals surface area contributed by atoms with Gasteiger partial charge in [0.2, 0.25) is 17.7 Å². The Labute approximate surface area is 85.0 Å². The van der Waals surface area contributed by atoms with Crippen molar-refractivity contribution >= 4 is 23.7 Å². The lowest BCUT2D eigenvalue weighted by atomic mass is 10.3. The number of hydrogen-bond acceptors (Lipinski definition) is 4. The number of carboxylic acid groups (broad SMARTS) is 1. The average Bonchev–Trinajstić information content (AvgIpc) is 2.24. The van der Waals surface area contributed by atoms with Gasteiger partial charge in [0.1, 0.15) is 6.42 Å². The van der Waals surface area contributed by atoms with Crippen LogP contribution >= 0.6 is 0 Å². The lowest BCUT2D eigenvalue weighted by Crippen LogP contribution is -2.39. The van der Waals surface area contributed by atoms with E-state index in [2.05, 4.69) is 5.32 Å². The Kier molecular flexibility index (Phi) is 3.37. The SMILES string of the molecule is O=C(O)CCN1C(=O)CNC(=O)CC1=O. The summed E-state index contributed by atoms with van der Waals surface area (Å²) in [6, 6.07) is 0. The minimum Gasteiger partial charge on any atom is -0.481 e. The molecule has 0 spiro atoms. The van der Waals surface area contributed by atoms with Gasteiger partial charge in [-0.2, -0.15) is 0 Å². The Morgan fingerprint density at radius 3 is 2.60 bits per heavy atom. The van der Waals surface area contributed by atoms with Crippen LogP contribution in [0.5, 0.6) is 0 Å². The number of nitrogens with zero attached hydrogens (tertiary/aromatic N) is 1. The van der Waals surface area contributed by atoms with Gasteiger partial charge < -0.3 is 10.4 Å². The van der Waals surface area contributed by atoms with Gasteiger partial charge in [-0.15, -0.1) is 0 Å². The largest absolute Gasteiger partial charge is 0.481 e. The van der Waals surface area contributed by atoms with E-state index in [0.29, 0.717) is 0 Å². The minimum atomic E-state index is -1.10. The Morgan fingerprint density at radius 1 is 1.33 bits per heavy atom. The molecule has 1 aliphatic heterocycles. The molecule has 15 heavy (non-hydrogen) atoms. The van der Waals surface area contributed by atoms with E-state index < -0.39 is 30.1 Å². The summed E-state index contributed by atoms with van der Waals surface area (Å²) in [5, 5.41) is 10.7. The second kappa shape index (κ2) is 4.54. The van der Waals surface area contributed by atoms with Crippen LogP contribution in [0.25, 0.3) is 0 Å². The molecule has 0 unspecified atom stereocenters. The molecule has 1 rings (SSSR count). The van der Waals surface area contributed by atoms with Crippen LogP contribution in [0, 0.1) is 0 Å². The third kappa shape index (κ3) is 3.04. The molecule has 1 fully saturated rings. The van der Waals surface area contributed by atoms with Crippen LogP contribution in [0.1, 0.15) is 12.8 Å². The van der Waals surface area contributed by atoms with E-state index in [9.17, 15) is 19.2 Å². The zero-order chi connectivity index (χ0) is 11.4. The molecule has 7 heteroatoms. The van der Waals surface area contributed by atoms with Gasteiger partial charge in [0.05, 0.1) is 13.0 Å². The van der Waals surface area contributed by atoms with Crippen molar-refractivity contribution in [3.63, 3.8) is 0 Å². The molecule has 1 saturated heterocycles. The first-order valence-electron chi connectivity index (χ1n) is 4.32. The van der Waals surface area contributed by atoms with E-state index in [-0.39, 0.29) is 19.5 Å². The molecule has 0 saturated carbocycles. The maximum absolute atomic E-state index is 11.3. The number of carboxylic acids is 1. The monoisotopic (exact) mass is 214 g/mol. The molecule has 7 nitrogen and oxygen atoms in total. The number of hydrogen-bond donors (Lipinski definition) is 2. The lowest BCUT2D eigenvalue weighted by molar-refractivity contribution is -0.144. The van der Waals surface area contributed by atoms with Gasteiger partial charge in [0.15, 0.2) is 0 Å². The third-order valence-electron chi connectivity index (χ3n) is 1.90. The average molecular weight is 214 g/mol. The highest BCUT2D eigenvalue weighted by molar-refractivity contribution is 6.08. The molecule has 0 aromatic heterocycles. The van der Waals surface area contributed by atoms with Crippen LogP contribution in [-0.2, 0) is 19.2 Å². The maximum atomic E-state index is 11.3. The highest BCUT2D eigenvalue weighted by Gasteiger charge is 2.27. The predicted molar refractivity (Wildman–Crippen MR) is 46.6 cm³/mol. The van der Waals surface area contributed by atoms with Crippen LogP contribution in [0.4, 0.5) is 0 Å². The molecule has 2 N–H and O–H groups in total. The van der Waals surface area contributed by atoms with Gasteiger partial charge in [-0.25, -0.2) is 0 Å². The molecule has 3 amide bonds. The highest BCUT2D eigenvalue weighted by Crippen LogP contribution is 2.01. The summed E-state index contributed by atoms with van der Waals surface area (Å²) in [6.07, 6.45) is -0.725. The van der Waals surface area contributed by atoms with Gasteiger partial charge in [0.25, 0.3) is 0 Å². The highest BCUT2D eigenvalue weighted by atomic mass is 16.4. The standard InChI is InChI=1S/C8H10N2O5/c11-5-3-6(12)10(2-1-8(14)15)7(13)4-9-5/h1-4H2,(H,9,11)(H,14,15). The van der Waals surface area contributed by atoms with Crippen molar-refractivity contribution < 1.29 is 24.3 Å². The molecule has 0 aromatic rings. The molecular formula is C8H10N2O5. The van der Waals surface area contributed by atoms with Crippen LogP contribution in [0.3, 0.4) is 0 Å². The van der Waals surface area contributed by atoms with Crippen LogP contribution in [0.15, 0.2) is 0 Å². The Morgan fingerprint density at radius 2 is 2.00 bits per heavy atom. The topological polar surface area (TPSA) is 104 Å². The lowest BCUT2D eigenvalue weighted by Gasteiger charge is -2.16. The van der Waals surface area contributed by atoms with Crippen molar-refractivity contribution in [3.05, 3.63) is 0 Å². The van der Waals surface area contributed by atoms with Crippen molar-refractivity contribution in [3.8, 4) is 0 Å². The van der Waals surface area contributed by atoms with Crippen LogP contribution in [0.2, 0.25) is 0 Å². The molecule has 0 aliphatic carbocycles. The predicted octanol–water partition coefficient (Wildman–Crippen LogP) is -1.66. The maximum Gasteiger partial charge on any atom is 0.305 e. The number of amides is 3. The second-order valence-electron chi connectivity index (χ2n) is 3.04. The van der Waals surface area contributed by atoms with Crippen LogP contribution in [-0.4, -0.2) is 46.8 Å². The van der Waals surface area contributed by atoms with E-state index in [0.717, 1.165) is 4.90 Å². The summed E-state index contributed by atoms with van der Waals surface area (Å²) >= 11 is 0. The number of aliphatic carboxylic acids is 1. The first-order chi connectivity index (χ1) is 7.00. The van der Waals surface area contributed by atoms with E-state index in [1.165, 1.54) is 0 Å². The quantitative estimate of drug-likeness (QED) is 0.432. The first-order valence-corrected chi connectivity index (χ1v) is 4.32. The van der Waals surface area contributed by atoms with E-state index in [1.54, 1.807) is 0 Å². The molecule has 0 atom stereocenters. The molecule has 0 bridgehead atoms. The second-order valence-corrected chi connectivity index (χ2v) is 3.04. The van der Waals surface area contributed by atoms with E-state index in [4.69, 9.17) is 5.11 Å². The molecule has 1 heterocycles. The first kappa shape index (κ1) is 11.2. The molecular weight excluding hydrogens is 204 g/mol. The fourth-order valence-electron chi connectivity index (χ4n) is 1.16. The van der Waals surface area contributed by atoms with E-state index >= 15 is 0 Å². The summed E-state index contributed by atoms with van der Waals surface area (Å²) in [5.41, 5.74) is 0. The number of rotatable bonds is 3. The molecule has 0 radical (unpaired) electrons. The van der Waals surface area contributed by atoms with E-state index in [1.807, 2.05) is 0 Å². The van der Waals surface area contributed by atoms with Gasteiger partial charge >= 0.3 is 5.97 Å². The fourth-order valence-corrected chi connectivity index (χ4v) is 1.16. The zero-order valence-corrected chi connectivity index (χ0v) is 7.86. The minimum absolute atomic E-state index is 0.193. The van der Waals surface area contributed by atoms with Crippen molar-refractivity contribution in [2.24, 2.45) is 0 Å². The Bertz CT molecular complexity index is 325. The zero-order valence-electron chi connectivity index (χ0n) is 7.86. The van der Waals surface area contributed by atoms with Gasteiger partial charge in [-0.3, -0.25) is 24.1 Å². The van der Waals surface area contributed by atoms with Crippen molar-refractivity contribution in [1.82, 2.24) is 10.2 Å². The Balaban J connectivity index is 2.66. The summed E-state index contributed by atoms with van der Waals surface area (Å²) in [7, 11) is 0. The summed E-state index contributed by atoms with van der Waals surface area (Å²) < 4.78 is 0. The van der Waals surface area contributed by atoms with Gasteiger partial charge in [-0.1, -0.05) is 0 Å². The number of nitrogens with one attached hydrogen (secondary N) is 1. The number of carbonyl (C=O) groups excluding carboxylic acids is 3. The number of imide groups is 1.